The van der Waals surface area contributed by atoms with Gasteiger partial charge < -0.3 is 16.0 Å². The number of nitrogens with zero attached hydrogens (tertiary/aromatic N) is 1. The number of hydrogen-bond donors (Lipinski definition) is 2. The second-order valence-electron chi connectivity index (χ2n) is 6.99. The molecule has 5 nitrogen and oxygen atoms in total. The van der Waals surface area contributed by atoms with Crippen LogP contribution in [-0.4, -0.2) is 36.7 Å². The number of hydrogen-bond acceptors (Lipinski definition) is 4. The van der Waals surface area contributed by atoms with Gasteiger partial charge in [-0.05, 0) is 56.2 Å². The first-order chi connectivity index (χ1) is 11.5. The van der Waals surface area contributed by atoms with Crippen LogP contribution in [0.3, 0.4) is 0 Å². The van der Waals surface area contributed by atoms with E-state index >= 15 is 0 Å². The van der Waals surface area contributed by atoms with Crippen LogP contribution in [0.4, 0.5) is 5.69 Å². The highest BCUT2D eigenvalue weighted by Crippen LogP contribution is 2.39. The Labute approximate surface area is 147 Å². The zero-order chi connectivity index (χ0) is 17.3. The topological polar surface area (TPSA) is 75.4 Å². The Kier molecular flexibility index (Phi) is 4.88. The van der Waals surface area contributed by atoms with E-state index in [0.717, 1.165) is 23.4 Å². The second-order valence-corrected chi connectivity index (χ2v) is 7.87. The molecule has 1 aromatic carbocycles. The Hall–Kier alpha value is -1.53. The molecule has 0 bridgehead atoms. The van der Waals surface area contributed by atoms with Crippen LogP contribution in [0, 0.1) is 11.8 Å². The third-order valence-electron chi connectivity index (χ3n) is 5.19. The van der Waals surface area contributed by atoms with Crippen LogP contribution in [0.1, 0.15) is 26.2 Å². The zero-order valence-electron chi connectivity index (χ0n) is 14.2. The van der Waals surface area contributed by atoms with Crippen LogP contribution in [0.15, 0.2) is 29.2 Å². The van der Waals surface area contributed by atoms with Gasteiger partial charge in [-0.3, -0.25) is 9.59 Å². The van der Waals surface area contributed by atoms with E-state index in [-0.39, 0.29) is 29.7 Å². The Morgan fingerprint density at radius 3 is 2.58 bits per heavy atom. The molecule has 1 saturated carbocycles. The molecule has 0 aromatic heterocycles. The molecule has 1 heterocycles. The van der Waals surface area contributed by atoms with Crippen molar-refractivity contribution in [3.63, 3.8) is 0 Å². The smallest absolute Gasteiger partial charge is 0.227 e. The van der Waals surface area contributed by atoms with Crippen molar-refractivity contribution in [3.8, 4) is 0 Å². The summed E-state index contributed by atoms with van der Waals surface area (Å²) >= 11 is 1.66. The lowest BCUT2D eigenvalue weighted by Crippen LogP contribution is -2.54. The van der Waals surface area contributed by atoms with Gasteiger partial charge in [-0.1, -0.05) is 0 Å². The summed E-state index contributed by atoms with van der Waals surface area (Å²) in [6.07, 6.45) is 4.52. The van der Waals surface area contributed by atoms with Gasteiger partial charge >= 0.3 is 0 Å². The van der Waals surface area contributed by atoms with Crippen molar-refractivity contribution in [2.24, 2.45) is 17.6 Å². The summed E-state index contributed by atoms with van der Waals surface area (Å²) in [4.78, 5) is 27.8. The predicted molar refractivity (Wildman–Crippen MR) is 97.0 cm³/mol. The Morgan fingerprint density at radius 1 is 1.38 bits per heavy atom. The molecule has 1 aliphatic heterocycles. The molecule has 2 fully saturated rings. The number of benzene rings is 1. The summed E-state index contributed by atoms with van der Waals surface area (Å²) in [6, 6.07) is 7.88. The molecule has 3 N–H and O–H groups in total. The first-order valence-corrected chi connectivity index (χ1v) is 9.66. The number of thioether (sulfide) groups is 1. The standard InChI is InChI=1S/C18H25N3O2S/c1-18(11-19,13-3-4-13)20-17(23)12-9-16(22)21(10-12)14-5-7-15(24-2)8-6-14/h5-8,12-13H,3-4,9-11,19H2,1-2H3,(H,20,23). The van der Waals surface area contributed by atoms with E-state index < -0.39 is 0 Å². The molecule has 2 amide bonds. The van der Waals surface area contributed by atoms with Crippen molar-refractivity contribution < 1.29 is 9.59 Å². The second kappa shape index (κ2) is 6.76. The van der Waals surface area contributed by atoms with Crippen LogP contribution < -0.4 is 16.0 Å². The fourth-order valence-electron chi connectivity index (χ4n) is 3.32. The number of carbonyl (C=O) groups excluding carboxylic acids is 2. The van der Waals surface area contributed by atoms with E-state index in [9.17, 15) is 9.59 Å². The van der Waals surface area contributed by atoms with Gasteiger partial charge in [0.05, 0.1) is 11.5 Å². The van der Waals surface area contributed by atoms with Crippen LogP contribution >= 0.6 is 11.8 Å². The third kappa shape index (κ3) is 3.44. The molecule has 3 rings (SSSR count). The SMILES string of the molecule is CSc1ccc(N2CC(C(=O)NC(C)(CN)C3CC3)CC2=O)cc1. The van der Waals surface area contributed by atoms with Crippen LogP contribution in [-0.2, 0) is 9.59 Å². The molecular weight excluding hydrogens is 322 g/mol. The van der Waals surface area contributed by atoms with Gasteiger partial charge in [-0.15, -0.1) is 11.8 Å². The minimum absolute atomic E-state index is 0.00734. The van der Waals surface area contributed by atoms with Gasteiger partial charge in [0.15, 0.2) is 0 Å². The maximum absolute atomic E-state index is 12.6. The fraction of sp³-hybridized carbons (Fsp3) is 0.556. The number of anilines is 1. The summed E-state index contributed by atoms with van der Waals surface area (Å²) in [5.74, 6) is 0.125. The molecule has 130 valence electrons. The average molecular weight is 347 g/mol. The highest BCUT2D eigenvalue weighted by Gasteiger charge is 2.44. The highest BCUT2D eigenvalue weighted by atomic mass is 32.2. The summed E-state index contributed by atoms with van der Waals surface area (Å²) in [7, 11) is 0. The predicted octanol–water partition coefficient (Wildman–Crippen LogP) is 2.00. The highest BCUT2D eigenvalue weighted by molar-refractivity contribution is 7.98. The first-order valence-electron chi connectivity index (χ1n) is 8.43. The van der Waals surface area contributed by atoms with E-state index in [1.807, 2.05) is 37.4 Å². The summed E-state index contributed by atoms with van der Waals surface area (Å²) < 4.78 is 0. The minimum Gasteiger partial charge on any atom is -0.349 e. The van der Waals surface area contributed by atoms with Gasteiger partial charge in [0, 0.05) is 30.1 Å². The molecule has 1 aliphatic carbocycles. The average Bonchev–Trinajstić information content (AvgIpc) is 3.38. The lowest BCUT2D eigenvalue weighted by Gasteiger charge is -2.30. The molecule has 0 spiro atoms. The van der Waals surface area contributed by atoms with Gasteiger partial charge in [0.25, 0.3) is 0 Å². The van der Waals surface area contributed by atoms with Crippen molar-refractivity contribution >= 4 is 29.3 Å². The van der Waals surface area contributed by atoms with Crippen molar-refractivity contribution in [1.82, 2.24) is 5.32 Å². The Morgan fingerprint density at radius 2 is 2.04 bits per heavy atom. The summed E-state index contributed by atoms with van der Waals surface area (Å²) in [6.45, 7) is 2.89. The maximum Gasteiger partial charge on any atom is 0.227 e. The van der Waals surface area contributed by atoms with Gasteiger partial charge in [-0.25, -0.2) is 0 Å². The number of carbonyl (C=O) groups is 2. The zero-order valence-corrected chi connectivity index (χ0v) is 15.1. The molecule has 2 aliphatic rings. The van der Waals surface area contributed by atoms with E-state index in [1.165, 1.54) is 0 Å². The molecule has 1 saturated heterocycles. The Bertz CT molecular complexity index is 630. The normalized spacial score (nSPS) is 23.2. The molecule has 6 heteroatoms. The molecule has 1 aromatic rings. The van der Waals surface area contributed by atoms with E-state index in [0.29, 0.717) is 19.0 Å². The molecule has 2 atom stereocenters. The molecule has 24 heavy (non-hydrogen) atoms. The minimum atomic E-state index is -0.340. The first kappa shape index (κ1) is 17.3. The Balaban J connectivity index is 1.66. The molecular formula is C18H25N3O2S. The van der Waals surface area contributed by atoms with E-state index in [2.05, 4.69) is 5.32 Å². The van der Waals surface area contributed by atoms with Crippen molar-refractivity contribution in [1.29, 1.82) is 0 Å². The van der Waals surface area contributed by atoms with E-state index in [1.54, 1.807) is 16.7 Å². The van der Waals surface area contributed by atoms with Crippen LogP contribution in [0.25, 0.3) is 0 Å². The van der Waals surface area contributed by atoms with Crippen molar-refractivity contribution in [2.45, 2.75) is 36.6 Å². The lowest BCUT2D eigenvalue weighted by molar-refractivity contribution is -0.128. The number of nitrogens with two attached hydrogens (primary N) is 1. The van der Waals surface area contributed by atoms with Gasteiger partial charge in [-0.2, -0.15) is 0 Å². The van der Waals surface area contributed by atoms with E-state index in [4.69, 9.17) is 5.73 Å². The lowest BCUT2D eigenvalue weighted by atomic mass is 9.94. The summed E-state index contributed by atoms with van der Waals surface area (Å²) in [5.41, 5.74) is 6.39. The number of nitrogens with one attached hydrogen (secondary N) is 1. The summed E-state index contributed by atoms with van der Waals surface area (Å²) in [5, 5.41) is 3.11. The molecule has 2 unspecified atom stereocenters. The number of rotatable bonds is 6. The maximum atomic E-state index is 12.6. The third-order valence-corrected chi connectivity index (χ3v) is 5.93. The monoisotopic (exact) mass is 347 g/mol. The number of amides is 2. The van der Waals surface area contributed by atoms with Gasteiger partial charge in [0.2, 0.25) is 11.8 Å². The fourth-order valence-corrected chi connectivity index (χ4v) is 3.73. The largest absolute Gasteiger partial charge is 0.349 e. The van der Waals surface area contributed by atoms with Crippen LogP contribution in [0.2, 0.25) is 0 Å². The van der Waals surface area contributed by atoms with Crippen LogP contribution in [0.5, 0.6) is 0 Å². The quantitative estimate of drug-likeness (QED) is 0.772. The van der Waals surface area contributed by atoms with Gasteiger partial charge in [0.1, 0.15) is 0 Å². The molecule has 0 radical (unpaired) electrons. The van der Waals surface area contributed by atoms with Crippen molar-refractivity contribution in [2.75, 3.05) is 24.2 Å². The van der Waals surface area contributed by atoms with Crippen molar-refractivity contribution in [3.05, 3.63) is 24.3 Å².